The van der Waals surface area contributed by atoms with Crippen molar-refractivity contribution in [3.05, 3.63) is 83.2 Å². The van der Waals surface area contributed by atoms with Crippen molar-refractivity contribution in [1.82, 2.24) is 20.5 Å². The van der Waals surface area contributed by atoms with Gasteiger partial charge in [0.05, 0.1) is 5.56 Å². The molecule has 1 aliphatic heterocycles. The van der Waals surface area contributed by atoms with Gasteiger partial charge in [0, 0.05) is 49.9 Å². The zero-order valence-electron chi connectivity index (χ0n) is 20.9. The van der Waals surface area contributed by atoms with Crippen LogP contribution in [0.15, 0.2) is 60.8 Å². The number of rotatable bonds is 1. The molecule has 4 bridgehead atoms. The lowest BCUT2D eigenvalue weighted by atomic mass is 9.98. The van der Waals surface area contributed by atoms with Gasteiger partial charge >= 0.3 is 0 Å². The van der Waals surface area contributed by atoms with Gasteiger partial charge in [0.15, 0.2) is 0 Å². The first-order valence-electron chi connectivity index (χ1n) is 12.6. The van der Waals surface area contributed by atoms with Crippen LogP contribution in [0.5, 0.6) is 5.75 Å². The molecular weight excluding hydrogens is 482 g/mol. The maximum Gasteiger partial charge on any atom is 0.255 e. The summed E-state index contributed by atoms with van der Waals surface area (Å²) in [7, 11) is 0. The highest BCUT2D eigenvalue weighted by atomic mass is 16.3. The number of pyridine rings is 1. The second-order valence-corrected chi connectivity index (χ2v) is 9.08. The zero-order chi connectivity index (χ0) is 26.9. The highest BCUT2D eigenvalue weighted by molar-refractivity contribution is 5.96. The Balaban J connectivity index is 1.52. The van der Waals surface area contributed by atoms with Crippen molar-refractivity contribution in [2.45, 2.75) is 25.7 Å². The second-order valence-electron chi connectivity index (χ2n) is 9.08. The summed E-state index contributed by atoms with van der Waals surface area (Å²) in [6.45, 7) is 1.52. The van der Waals surface area contributed by atoms with Gasteiger partial charge in [-0.2, -0.15) is 5.26 Å². The molecule has 0 saturated heterocycles. The summed E-state index contributed by atoms with van der Waals surface area (Å²) < 4.78 is 0. The fraction of sp³-hybridized carbons (Fsp3) is 0.276. The van der Waals surface area contributed by atoms with Gasteiger partial charge in [0.2, 0.25) is 5.91 Å². The van der Waals surface area contributed by atoms with Gasteiger partial charge in [-0.3, -0.25) is 14.4 Å². The molecule has 3 aromatic rings. The molecule has 9 nitrogen and oxygen atoms in total. The number of phenolic OH excluding ortho intramolecular Hbond substituents is 1. The Morgan fingerprint density at radius 2 is 1.76 bits per heavy atom. The van der Waals surface area contributed by atoms with Crippen LogP contribution in [0, 0.1) is 11.3 Å². The van der Waals surface area contributed by atoms with Crippen LogP contribution in [-0.4, -0.2) is 58.9 Å². The smallest absolute Gasteiger partial charge is 0.255 e. The summed E-state index contributed by atoms with van der Waals surface area (Å²) in [4.78, 5) is 44.0. The highest BCUT2D eigenvalue weighted by Gasteiger charge is 2.17. The molecule has 0 spiro atoms. The predicted molar refractivity (Wildman–Crippen MR) is 141 cm³/mol. The third-order valence-corrected chi connectivity index (χ3v) is 6.37. The van der Waals surface area contributed by atoms with Gasteiger partial charge in [-0.1, -0.05) is 18.2 Å². The van der Waals surface area contributed by atoms with E-state index in [2.05, 4.69) is 15.6 Å². The minimum absolute atomic E-state index is 0.102. The molecule has 3 amide bonds. The number of nitriles is 1. The molecule has 1 aliphatic rings. The van der Waals surface area contributed by atoms with Gasteiger partial charge < -0.3 is 20.6 Å². The fourth-order valence-electron chi connectivity index (χ4n) is 4.32. The van der Waals surface area contributed by atoms with Crippen molar-refractivity contribution < 1.29 is 19.5 Å². The zero-order valence-corrected chi connectivity index (χ0v) is 20.9. The number of hydrogen-bond donors (Lipinski definition) is 3. The van der Waals surface area contributed by atoms with Gasteiger partial charge in [0.25, 0.3) is 11.8 Å². The van der Waals surface area contributed by atoms with E-state index in [0.717, 1.165) is 5.56 Å². The van der Waals surface area contributed by atoms with Gasteiger partial charge in [-0.25, -0.2) is 4.98 Å². The summed E-state index contributed by atoms with van der Waals surface area (Å²) in [6, 6.07) is 17.3. The Morgan fingerprint density at radius 1 is 0.947 bits per heavy atom. The third-order valence-electron chi connectivity index (χ3n) is 6.37. The maximum absolute atomic E-state index is 13.1. The van der Waals surface area contributed by atoms with E-state index in [-0.39, 0.29) is 35.6 Å². The third kappa shape index (κ3) is 6.73. The fourth-order valence-corrected chi connectivity index (χ4v) is 4.32. The number of nitrogens with zero attached hydrogens (tertiary/aromatic N) is 3. The van der Waals surface area contributed by atoms with Crippen LogP contribution in [0.4, 0.5) is 0 Å². The summed E-state index contributed by atoms with van der Waals surface area (Å²) in [5, 5.41) is 25.2. The van der Waals surface area contributed by atoms with E-state index in [0.29, 0.717) is 67.7 Å². The molecular formula is C29H29N5O4. The molecule has 38 heavy (non-hydrogen) atoms. The predicted octanol–water partition coefficient (Wildman–Crippen LogP) is 3.04. The molecule has 0 saturated carbocycles. The molecule has 9 heteroatoms. The summed E-state index contributed by atoms with van der Waals surface area (Å²) in [6.07, 6.45) is 3.20. The van der Waals surface area contributed by atoms with Crippen LogP contribution in [0.25, 0.3) is 11.1 Å². The average molecular weight is 512 g/mol. The quantitative estimate of drug-likeness (QED) is 0.460. The number of carbonyl (C=O) groups excluding carboxylic acids is 3. The molecule has 0 fully saturated rings. The Bertz CT molecular complexity index is 1360. The van der Waals surface area contributed by atoms with Crippen molar-refractivity contribution in [1.29, 1.82) is 5.26 Å². The Kier molecular flexibility index (Phi) is 8.67. The Hall–Kier alpha value is -4.71. The van der Waals surface area contributed by atoms with Crippen LogP contribution in [0.3, 0.4) is 0 Å². The van der Waals surface area contributed by atoms with Gasteiger partial charge in [-0.05, 0) is 66.8 Å². The topological polar surface area (TPSA) is 135 Å². The maximum atomic E-state index is 13.1. The molecule has 2 aromatic carbocycles. The minimum Gasteiger partial charge on any atom is -0.507 e. The number of aromatic hydroxyl groups is 1. The molecule has 1 aromatic heterocycles. The summed E-state index contributed by atoms with van der Waals surface area (Å²) >= 11 is 0. The van der Waals surface area contributed by atoms with E-state index in [1.807, 2.05) is 24.3 Å². The first-order valence-corrected chi connectivity index (χ1v) is 12.6. The van der Waals surface area contributed by atoms with Crippen molar-refractivity contribution >= 4 is 17.7 Å². The lowest BCUT2D eigenvalue weighted by Crippen LogP contribution is -2.36. The Morgan fingerprint density at radius 3 is 2.55 bits per heavy atom. The number of nitrogens with one attached hydrogen (secondary N) is 2. The van der Waals surface area contributed by atoms with E-state index >= 15 is 0 Å². The van der Waals surface area contributed by atoms with Crippen molar-refractivity contribution in [2.75, 3.05) is 26.2 Å². The molecule has 0 atom stereocenters. The van der Waals surface area contributed by atoms with Crippen LogP contribution < -0.4 is 10.6 Å². The summed E-state index contributed by atoms with van der Waals surface area (Å²) in [5.74, 6) is -0.478. The lowest BCUT2D eigenvalue weighted by molar-refractivity contribution is -0.121. The van der Waals surface area contributed by atoms with Crippen LogP contribution >= 0.6 is 0 Å². The monoisotopic (exact) mass is 511 g/mol. The van der Waals surface area contributed by atoms with E-state index in [9.17, 15) is 19.5 Å². The molecule has 4 rings (SSSR count). The van der Waals surface area contributed by atoms with E-state index in [1.54, 1.807) is 35.2 Å². The first-order chi connectivity index (χ1) is 18.4. The standard InChI is InChI=1S/C29H29N5O4/c30-18-24-9-8-23(19-33-24)29(38)34-14-2-6-27(36)31-13-11-20-7-10-26(35)25(16-20)21-4-1-5-22(17-21)28(37)32-12-3-15-34/h1,4-5,7-10,16-17,19,35H,2-3,6,11-15H2,(H,31,36)(H,32,37). The molecule has 0 aliphatic carbocycles. The van der Waals surface area contributed by atoms with Crippen molar-refractivity contribution in [2.24, 2.45) is 0 Å². The average Bonchev–Trinajstić information content (AvgIpc) is 2.94. The number of carbonyl (C=O) groups is 3. The van der Waals surface area contributed by atoms with Crippen molar-refractivity contribution in [3.63, 3.8) is 0 Å². The van der Waals surface area contributed by atoms with Crippen molar-refractivity contribution in [3.8, 4) is 22.9 Å². The van der Waals surface area contributed by atoms with E-state index in [1.165, 1.54) is 12.3 Å². The van der Waals surface area contributed by atoms with Crippen LogP contribution in [-0.2, 0) is 11.2 Å². The van der Waals surface area contributed by atoms with Crippen LogP contribution in [0.2, 0.25) is 0 Å². The normalized spacial score (nSPS) is 15.2. The first kappa shape index (κ1) is 26.4. The number of aromatic nitrogens is 1. The van der Waals surface area contributed by atoms with Gasteiger partial charge in [0.1, 0.15) is 17.5 Å². The Labute approximate surface area is 221 Å². The largest absolute Gasteiger partial charge is 0.507 e. The second kappa shape index (κ2) is 12.5. The highest BCUT2D eigenvalue weighted by Crippen LogP contribution is 2.30. The SMILES string of the molecule is N#Cc1ccc(C(=O)N2CCCNC(=O)c3cccc(c3)-c3cc(ccc3O)CCNC(=O)CCC2)cn1. The molecule has 0 unspecified atom stereocenters. The van der Waals surface area contributed by atoms with E-state index < -0.39 is 0 Å². The molecule has 194 valence electrons. The summed E-state index contributed by atoms with van der Waals surface area (Å²) in [5.41, 5.74) is 3.33. The minimum atomic E-state index is -0.246. The lowest BCUT2D eigenvalue weighted by Gasteiger charge is -2.23. The number of fused-ring (bicyclic) bond motifs is 5. The number of benzene rings is 2. The molecule has 2 heterocycles. The van der Waals surface area contributed by atoms with E-state index in [4.69, 9.17) is 5.26 Å². The number of amides is 3. The molecule has 3 N–H and O–H groups in total. The molecule has 0 radical (unpaired) electrons. The van der Waals surface area contributed by atoms with Gasteiger partial charge in [-0.15, -0.1) is 0 Å². The number of phenols is 1. The number of hydrogen-bond acceptors (Lipinski definition) is 6. The van der Waals surface area contributed by atoms with Crippen LogP contribution in [0.1, 0.15) is 51.2 Å².